The number of halogens is 1. The SMILES string of the molecule is COc1cc(CN2CC(=O)Nc3c(cc(Cn4ccn(C)c4=N)cc3-c3ccc(F)cc3C)C2=O)cc(OC)c1. The summed E-state index contributed by atoms with van der Waals surface area (Å²) in [4.78, 5) is 28.7. The molecule has 1 aliphatic rings. The number of rotatable bonds is 7. The Morgan fingerprint density at radius 2 is 1.57 bits per heavy atom. The second kappa shape index (κ2) is 10.7. The number of aromatic nitrogens is 2. The van der Waals surface area contributed by atoms with Gasteiger partial charge in [0.25, 0.3) is 5.91 Å². The molecule has 0 radical (unpaired) electrons. The largest absolute Gasteiger partial charge is 0.497 e. The van der Waals surface area contributed by atoms with Crippen molar-refractivity contribution in [3.8, 4) is 22.6 Å². The van der Waals surface area contributed by atoms with Crippen LogP contribution in [0.25, 0.3) is 11.1 Å². The van der Waals surface area contributed by atoms with E-state index in [0.29, 0.717) is 51.6 Å². The number of amides is 2. The number of hydrogen-bond acceptors (Lipinski definition) is 5. The van der Waals surface area contributed by atoms with E-state index in [1.54, 1.807) is 80.1 Å². The summed E-state index contributed by atoms with van der Waals surface area (Å²) in [7, 11) is 4.88. The van der Waals surface area contributed by atoms with Crippen LogP contribution in [0.15, 0.2) is 60.9 Å². The summed E-state index contributed by atoms with van der Waals surface area (Å²) in [6.07, 6.45) is 3.58. The van der Waals surface area contributed by atoms with Crippen LogP contribution in [0, 0.1) is 18.2 Å². The molecule has 0 saturated carbocycles. The minimum absolute atomic E-state index is 0.151. The number of ether oxygens (including phenoxy) is 2. The van der Waals surface area contributed by atoms with Crippen LogP contribution in [0.4, 0.5) is 10.1 Å². The number of carbonyl (C=O) groups is 2. The van der Waals surface area contributed by atoms with E-state index in [1.807, 2.05) is 6.07 Å². The molecule has 0 saturated heterocycles. The molecule has 0 bridgehead atoms. The Labute approximate surface area is 230 Å². The molecule has 2 N–H and O–H groups in total. The summed E-state index contributed by atoms with van der Waals surface area (Å²) < 4.78 is 28.2. The van der Waals surface area contributed by atoms with E-state index in [-0.39, 0.29) is 30.7 Å². The molecule has 4 aromatic rings. The molecule has 0 spiro atoms. The molecule has 206 valence electrons. The molecule has 10 heteroatoms. The fourth-order valence-electron chi connectivity index (χ4n) is 4.99. The number of carbonyl (C=O) groups excluding carboxylic acids is 2. The van der Waals surface area contributed by atoms with Gasteiger partial charge < -0.3 is 28.8 Å². The Bertz CT molecular complexity index is 1670. The van der Waals surface area contributed by atoms with Gasteiger partial charge in [-0.05, 0) is 65.6 Å². The number of fused-ring (bicyclic) bond motifs is 1. The molecule has 40 heavy (non-hydrogen) atoms. The summed E-state index contributed by atoms with van der Waals surface area (Å²) in [6, 6.07) is 13.4. The van der Waals surface area contributed by atoms with Gasteiger partial charge in [0, 0.05) is 37.6 Å². The van der Waals surface area contributed by atoms with E-state index in [9.17, 15) is 14.0 Å². The molecule has 5 rings (SSSR count). The maximum atomic E-state index is 14.1. The number of hydrogen-bond donors (Lipinski definition) is 2. The predicted molar refractivity (Wildman–Crippen MR) is 148 cm³/mol. The fraction of sp³-hybridized carbons (Fsp3) is 0.233. The van der Waals surface area contributed by atoms with Crippen molar-refractivity contribution in [1.29, 1.82) is 5.41 Å². The van der Waals surface area contributed by atoms with Crippen molar-refractivity contribution in [3.05, 3.63) is 94.6 Å². The van der Waals surface area contributed by atoms with Gasteiger partial charge in [-0.15, -0.1) is 0 Å². The lowest BCUT2D eigenvalue weighted by Crippen LogP contribution is -2.34. The Morgan fingerprint density at radius 3 is 2.20 bits per heavy atom. The first kappa shape index (κ1) is 26.7. The molecule has 0 unspecified atom stereocenters. The van der Waals surface area contributed by atoms with Crippen LogP contribution in [0.5, 0.6) is 11.5 Å². The minimum Gasteiger partial charge on any atom is -0.497 e. The molecule has 0 fully saturated rings. The van der Waals surface area contributed by atoms with Gasteiger partial charge in [-0.3, -0.25) is 15.0 Å². The van der Waals surface area contributed by atoms with Crippen molar-refractivity contribution in [3.63, 3.8) is 0 Å². The van der Waals surface area contributed by atoms with Crippen LogP contribution < -0.4 is 20.4 Å². The highest BCUT2D eigenvalue weighted by Crippen LogP contribution is 2.37. The molecule has 0 atom stereocenters. The van der Waals surface area contributed by atoms with E-state index < -0.39 is 0 Å². The number of imidazole rings is 1. The van der Waals surface area contributed by atoms with Crippen LogP contribution >= 0.6 is 0 Å². The predicted octanol–water partition coefficient (Wildman–Crippen LogP) is 4.08. The normalized spacial score (nSPS) is 13.1. The van der Waals surface area contributed by atoms with Gasteiger partial charge >= 0.3 is 0 Å². The van der Waals surface area contributed by atoms with E-state index in [0.717, 1.165) is 11.1 Å². The van der Waals surface area contributed by atoms with Crippen molar-refractivity contribution in [1.82, 2.24) is 14.0 Å². The number of nitrogens with zero attached hydrogens (tertiary/aromatic N) is 3. The van der Waals surface area contributed by atoms with E-state index >= 15 is 0 Å². The van der Waals surface area contributed by atoms with Gasteiger partial charge in [-0.2, -0.15) is 0 Å². The van der Waals surface area contributed by atoms with Crippen LogP contribution in [0.2, 0.25) is 0 Å². The smallest absolute Gasteiger partial charge is 0.256 e. The Kier molecular flexibility index (Phi) is 7.17. The molecular weight excluding hydrogens is 513 g/mol. The summed E-state index contributed by atoms with van der Waals surface area (Å²) in [5.74, 6) is 0.0961. The molecule has 3 aromatic carbocycles. The van der Waals surface area contributed by atoms with Crippen molar-refractivity contribution in [2.45, 2.75) is 20.0 Å². The molecular formula is C30H30FN5O4. The average Bonchev–Trinajstić information content (AvgIpc) is 3.18. The first-order chi connectivity index (χ1) is 19.2. The Balaban J connectivity index is 1.63. The lowest BCUT2D eigenvalue weighted by atomic mass is 9.93. The summed E-state index contributed by atoms with van der Waals surface area (Å²) in [5, 5.41) is 11.3. The Morgan fingerprint density at radius 1 is 0.900 bits per heavy atom. The standard InChI is InChI=1S/C30H30FN5O4/c1-18-9-21(31)5-6-24(18)25-12-20(15-35-8-7-34(2)30(35)32)13-26-28(25)33-27(37)17-36(29(26)38)16-19-10-22(39-3)14-23(11-19)40-4/h5-14,32H,15-17H2,1-4H3,(H,33,37). The monoisotopic (exact) mass is 543 g/mol. The lowest BCUT2D eigenvalue weighted by molar-refractivity contribution is -0.116. The number of aryl methyl sites for hydroxylation is 2. The molecule has 1 aromatic heterocycles. The van der Waals surface area contributed by atoms with E-state index in [2.05, 4.69) is 5.32 Å². The van der Waals surface area contributed by atoms with Crippen molar-refractivity contribution in [2.24, 2.45) is 7.05 Å². The van der Waals surface area contributed by atoms with Crippen molar-refractivity contribution in [2.75, 3.05) is 26.1 Å². The third-order valence-electron chi connectivity index (χ3n) is 7.01. The maximum absolute atomic E-state index is 14.1. The molecule has 2 heterocycles. The second-order valence-electron chi connectivity index (χ2n) is 9.82. The van der Waals surface area contributed by atoms with Gasteiger partial charge in [0.15, 0.2) is 0 Å². The maximum Gasteiger partial charge on any atom is 0.256 e. The second-order valence-corrected chi connectivity index (χ2v) is 9.82. The number of benzene rings is 3. The first-order valence-corrected chi connectivity index (χ1v) is 12.7. The third-order valence-corrected chi connectivity index (χ3v) is 7.01. The first-order valence-electron chi connectivity index (χ1n) is 12.7. The molecule has 9 nitrogen and oxygen atoms in total. The fourth-order valence-corrected chi connectivity index (χ4v) is 4.99. The van der Waals surface area contributed by atoms with Crippen molar-refractivity contribution >= 4 is 17.5 Å². The van der Waals surface area contributed by atoms with Gasteiger partial charge in [-0.1, -0.05) is 6.07 Å². The van der Waals surface area contributed by atoms with Crippen LogP contribution in [0.1, 0.15) is 27.0 Å². The van der Waals surface area contributed by atoms with E-state index in [4.69, 9.17) is 14.9 Å². The highest BCUT2D eigenvalue weighted by molar-refractivity contribution is 6.12. The summed E-state index contributed by atoms with van der Waals surface area (Å²) >= 11 is 0. The number of methoxy groups -OCH3 is 2. The number of anilines is 1. The summed E-state index contributed by atoms with van der Waals surface area (Å²) in [6.45, 7) is 2.11. The number of nitrogens with one attached hydrogen (secondary N) is 2. The zero-order valence-corrected chi connectivity index (χ0v) is 22.7. The quantitative estimate of drug-likeness (QED) is 0.367. The molecule has 2 amide bonds. The minimum atomic E-state index is -0.373. The van der Waals surface area contributed by atoms with Gasteiger partial charge in [-0.25, -0.2) is 4.39 Å². The van der Waals surface area contributed by atoms with Crippen molar-refractivity contribution < 1.29 is 23.5 Å². The highest BCUT2D eigenvalue weighted by Gasteiger charge is 2.30. The zero-order valence-electron chi connectivity index (χ0n) is 22.7. The van der Waals surface area contributed by atoms with Gasteiger partial charge in [0.2, 0.25) is 11.5 Å². The summed E-state index contributed by atoms with van der Waals surface area (Å²) in [5.41, 5.74) is 4.47. The van der Waals surface area contributed by atoms with Gasteiger partial charge in [0.1, 0.15) is 23.9 Å². The van der Waals surface area contributed by atoms with Crippen LogP contribution in [0.3, 0.4) is 0 Å². The molecule has 1 aliphatic heterocycles. The third kappa shape index (κ3) is 5.20. The van der Waals surface area contributed by atoms with Gasteiger partial charge in [0.05, 0.1) is 32.0 Å². The van der Waals surface area contributed by atoms with Crippen LogP contribution in [-0.4, -0.2) is 46.6 Å². The average molecular weight is 544 g/mol. The zero-order chi connectivity index (χ0) is 28.6. The lowest BCUT2D eigenvalue weighted by Gasteiger charge is -2.21. The molecule has 0 aliphatic carbocycles. The topological polar surface area (TPSA) is 102 Å². The van der Waals surface area contributed by atoms with E-state index in [1.165, 1.54) is 17.0 Å². The Hall–Kier alpha value is -4.86. The van der Waals surface area contributed by atoms with Crippen LogP contribution in [-0.2, 0) is 24.9 Å². The highest BCUT2D eigenvalue weighted by atomic mass is 19.1.